The van der Waals surface area contributed by atoms with Crippen LogP contribution in [-0.2, 0) is 13.0 Å². The molecule has 1 N–H and O–H groups in total. The van der Waals surface area contributed by atoms with Crippen LogP contribution in [0.3, 0.4) is 0 Å². The van der Waals surface area contributed by atoms with Gasteiger partial charge in [-0.2, -0.15) is 5.10 Å². The molecule has 7 heteroatoms. The second-order valence-electron chi connectivity index (χ2n) is 7.21. The summed E-state index contributed by atoms with van der Waals surface area (Å²) in [6, 6.07) is 15.3. The second kappa shape index (κ2) is 6.70. The Morgan fingerprint density at radius 2 is 1.83 bits per heavy atom. The van der Waals surface area contributed by atoms with Gasteiger partial charge in [0.25, 0.3) is 11.5 Å². The summed E-state index contributed by atoms with van der Waals surface area (Å²) in [5.41, 5.74) is 3.98. The molecule has 144 valence electrons. The van der Waals surface area contributed by atoms with Crippen molar-refractivity contribution in [1.82, 2.24) is 24.6 Å². The van der Waals surface area contributed by atoms with Gasteiger partial charge in [0.15, 0.2) is 0 Å². The van der Waals surface area contributed by atoms with Crippen LogP contribution in [0.4, 0.5) is 0 Å². The highest BCUT2D eigenvalue weighted by atomic mass is 16.2. The first kappa shape index (κ1) is 17.4. The van der Waals surface area contributed by atoms with Crippen molar-refractivity contribution in [1.29, 1.82) is 0 Å². The van der Waals surface area contributed by atoms with Crippen molar-refractivity contribution >= 4 is 16.8 Å². The summed E-state index contributed by atoms with van der Waals surface area (Å²) < 4.78 is 1.51. The van der Waals surface area contributed by atoms with Gasteiger partial charge in [-0.25, -0.2) is 9.67 Å². The molecule has 7 nitrogen and oxygen atoms in total. The summed E-state index contributed by atoms with van der Waals surface area (Å²) in [6.45, 7) is 3.07. The molecule has 0 spiro atoms. The number of amides is 1. The number of aromatic amines is 1. The monoisotopic (exact) mass is 385 g/mol. The Morgan fingerprint density at radius 3 is 2.69 bits per heavy atom. The summed E-state index contributed by atoms with van der Waals surface area (Å²) in [6.07, 6.45) is 2.39. The predicted octanol–water partition coefficient (Wildman–Crippen LogP) is 2.62. The molecule has 0 radical (unpaired) electrons. The van der Waals surface area contributed by atoms with Gasteiger partial charge in [-0.15, -0.1) is 0 Å². The molecule has 0 saturated heterocycles. The third kappa shape index (κ3) is 2.91. The van der Waals surface area contributed by atoms with Gasteiger partial charge in [0.05, 0.1) is 28.4 Å². The first-order chi connectivity index (χ1) is 14.1. The normalized spacial score (nSPS) is 13.5. The van der Waals surface area contributed by atoms with E-state index in [0.29, 0.717) is 41.2 Å². The van der Waals surface area contributed by atoms with E-state index >= 15 is 0 Å². The molecular formula is C22H19N5O2. The van der Waals surface area contributed by atoms with E-state index in [0.717, 1.165) is 6.42 Å². The molecule has 0 bridgehead atoms. The number of nitrogens with zero attached hydrogens (tertiary/aromatic N) is 4. The zero-order valence-corrected chi connectivity index (χ0v) is 15.9. The van der Waals surface area contributed by atoms with Crippen molar-refractivity contribution in [3.63, 3.8) is 0 Å². The maximum atomic E-state index is 13.1. The molecule has 4 aromatic rings. The maximum absolute atomic E-state index is 13.1. The van der Waals surface area contributed by atoms with Crippen LogP contribution < -0.4 is 5.56 Å². The Kier molecular flexibility index (Phi) is 4.01. The van der Waals surface area contributed by atoms with Gasteiger partial charge in [0.2, 0.25) is 5.95 Å². The van der Waals surface area contributed by atoms with Crippen LogP contribution in [0, 0.1) is 6.92 Å². The summed E-state index contributed by atoms with van der Waals surface area (Å²) in [5.74, 6) is 0.237. The van der Waals surface area contributed by atoms with E-state index in [-0.39, 0.29) is 11.5 Å². The van der Waals surface area contributed by atoms with E-state index < -0.39 is 0 Å². The first-order valence-electron chi connectivity index (χ1n) is 9.52. The lowest BCUT2D eigenvalue weighted by Crippen LogP contribution is -2.36. The van der Waals surface area contributed by atoms with Gasteiger partial charge >= 0.3 is 0 Å². The first-order valence-corrected chi connectivity index (χ1v) is 9.52. The highest BCUT2D eigenvalue weighted by Gasteiger charge is 2.25. The fourth-order valence-electron chi connectivity index (χ4n) is 3.85. The van der Waals surface area contributed by atoms with Gasteiger partial charge in [-0.1, -0.05) is 36.4 Å². The van der Waals surface area contributed by atoms with Crippen molar-refractivity contribution in [2.24, 2.45) is 0 Å². The summed E-state index contributed by atoms with van der Waals surface area (Å²) in [7, 11) is 0. The minimum absolute atomic E-state index is 0.0635. The number of fused-ring (bicyclic) bond motifs is 2. The van der Waals surface area contributed by atoms with Crippen LogP contribution >= 0.6 is 0 Å². The number of benzene rings is 2. The largest absolute Gasteiger partial charge is 0.334 e. The van der Waals surface area contributed by atoms with Crippen molar-refractivity contribution in [2.75, 3.05) is 6.54 Å². The fourth-order valence-corrected chi connectivity index (χ4v) is 3.85. The number of aromatic nitrogens is 4. The highest BCUT2D eigenvalue weighted by Crippen LogP contribution is 2.22. The third-order valence-electron chi connectivity index (χ3n) is 5.46. The van der Waals surface area contributed by atoms with Gasteiger partial charge < -0.3 is 4.90 Å². The fraction of sp³-hybridized carbons (Fsp3) is 0.182. The molecule has 5 rings (SSSR count). The lowest BCUT2D eigenvalue weighted by molar-refractivity contribution is 0.0734. The van der Waals surface area contributed by atoms with E-state index in [1.54, 1.807) is 24.4 Å². The molecule has 2 aromatic carbocycles. The summed E-state index contributed by atoms with van der Waals surface area (Å²) >= 11 is 0. The van der Waals surface area contributed by atoms with Crippen molar-refractivity contribution < 1.29 is 4.79 Å². The molecule has 1 aliphatic heterocycles. The van der Waals surface area contributed by atoms with Crippen molar-refractivity contribution in [2.45, 2.75) is 19.9 Å². The van der Waals surface area contributed by atoms with Crippen molar-refractivity contribution in [3.05, 3.63) is 87.5 Å². The Hall–Kier alpha value is -3.74. The van der Waals surface area contributed by atoms with Gasteiger partial charge in [-0.3, -0.25) is 14.6 Å². The number of hydrogen-bond donors (Lipinski definition) is 1. The lowest BCUT2D eigenvalue weighted by atomic mass is 9.99. The Balaban J connectivity index is 1.49. The quantitative estimate of drug-likeness (QED) is 0.575. The number of hydrogen-bond acceptors (Lipinski definition) is 4. The molecule has 3 heterocycles. The molecule has 0 atom stereocenters. The summed E-state index contributed by atoms with van der Waals surface area (Å²) in [4.78, 5) is 34.6. The minimum atomic E-state index is -0.235. The van der Waals surface area contributed by atoms with Crippen LogP contribution in [-0.4, -0.2) is 37.1 Å². The summed E-state index contributed by atoms with van der Waals surface area (Å²) in [5, 5.41) is 4.85. The molecular weight excluding hydrogens is 366 g/mol. The standard InChI is InChI=1S/C22H19N5O2/c1-14-18(21(29)26-11-10-15-6-2-3-7-16(15)13-26)12-23-27(14)22-24-19-9-5-4-8-17(19)20(28)25-22/h2-9,12H,10-11,13H2,1H3,(H,24,25,28). The van der Waals surface area contributed by atoms with E-state index in [2.05, 4.69) is 27.2 Å². The predicted molar refractivity (Wildman–Crippen MR) is 109 cm³/mol. The van der Waals surface area contributed by atoms with Crippen LogP contribution in [0.2, 0.25) is 0 Å². The van der Waals surface area contributed by atoms with Gasteiger partial charge in [0, 0.05) is 13.1 Å². The molecule has 29 heavy (non-hydrogen) atoms. The SMILES string of the molecule is Cc1c(C(=O)N2CCc3ccccc3C2)cnn1-c1nc2ccccc2c(=O)[nH]1. The molecule has 0 saturated carbocycles. The van der Waals surface area contributed by atoms with E-state index in [1.807, 2.05) is 30.0 Å². The van der Waals surface area contributed by atoms with Crippen LogP contribution in [0.5, 0.6) is 0 Å². The Morgan fingerprint density at radius 1 is 1.07 bits per heavy atom. The van der Waals surface area contributed by atoms with Crippen molar-refractivity contribution in [3.8, 4) is 5.95 Å². The number of para-hydroxylation sites is 1. The van der Waals surface area contributed by atoms with E-state index in [9.17, 15) is 9.59 Å². The topological polar surface area (TPSA) is 83.9 Å². The highest BCUT2D eigenvalue weighted by molar-refractivity contribution is 5.95. The van der Waals surface area contributed by atoms with Gasteiger partial charge in [-0.05, 0) is 36.6 Å². The Labute approximate surface area is 166 Å². The molecule has 1 amide bonds. The zero-order chi connectivity index (χ0) is 20.0. The zero-order valence-electron chi connectivity index (χ0n) is 15.9. The maximum Gasteiger partial charge on any atom is 0.260 e. The minimum Gasteiger partial charge on any atom is -0.334 e. The third-order valence-corrected chi connectivity index (χ3v) is 5.46. The molecule has 1 aliphatic rings. The molecule has 2 aromatic heterocycles. The van der Waals surface area contributed by atoms with E-state index in [4.69, 9.17) is 0 Å². The van der Waals surface area contributed by atoms with Crippen LogP contribution in [0.25, 0.3) is 16.9 Å². The molecule has 0 fully saturated rings. The van der Waals surface area contributed by atoms with Gasteiger partial charge in [0.1, 0.15) is 0 Å². The number of carbonyl (C=O) groups excluding carboxylic acids is 1. The van der Waals surface area contributed by atoms with E-state index in [1.165, 1.54) is 15.8 Å². The number of rotatable bonds is 2. The Bertz CT molecular complexity index is 1300. The molecule has 0 aliphatic carbocycles. The number of H-pyrrole nitrogens is 1. The number of carbonyl (C=O) groups is 1. The second-order valence-corrected chi connectivity index (χ2v) is 7.21. The average molecular weight is 385 g/mol. The lowest BCUT2D eigenvalue weighted by Gasteiger charge is -2.28. The van der Waals surface area contributed by atoms with Crippen LogP contribution in [0.1, 0.15) is 27.2 Å². The number of nitrogens with one attached hydrogen (secondary N) is 1. The average Bonchev–Trinajstić information content (AvgIpc) is 3.14. The smallest absolute Gasteiger partial charge is 0.260 e. The van der Waals surface area contributed by atoms with Crippen LogP contribution in [0.15, 0.2) is 59.5 Å². The molecule has 0 unspecified atom stereocenters.